The monoisotopic (exact) mass is 415 g/mol. The summed E-state index contributed by atoms with van der Waals surface area (Å²) in [5.41, 5.74) is 1.67. The van der Waals surface area contributed by atoms with E-state index in [1.807, 2.05) is 31.2 Å². The van der Waals surface area contributed by atoms with Gasteiger partial charge in [0.05, 0.1) is 20.3 Å². The molecule has 2 aromatic carbocycles. The van der Waals surface area contributed by atoms with E-state index in [4.69, 9.17) is 25.6 Å². The fourth-order valence-corrected chi connectivity index (χ4v) is 2.99. The lowest BCUT2D eigenvalue weighted by Crippen LogP contribution is -2.27. The normalized spacial score (nSPS) is 11.7. The van der Waals surface area contributed by atoms with Crippen LogP contribution in [0.25, 0.3) is 11.4 Å². The smallest absolute Gasteiger partial charge is 0.227 e. The molecule has 0 saturated carbocycles. The molecule has 1 heterocycles. The topological polar surface area (TPSA) is 86.5 Å². The van der Waals surface area contributed by atoms with Gasteiger partial charge in [-0.05, 0) is 43.3 Å². The van der Waals surface area contributed by atoms with Crippen LogP contribution in [0.1, 0.15) is 30.8 Å². The molecule has 1 unspecified atom stereocenters. The third-order valence-corrected chi connectivity index (χ3v) is 4.67. The van der Waals surface area contributed by atoms with Crippen LogP contribution < -0.4 is 14.8 Å². The predicted octanol–water partition coefficient (Wildman–Crippen LogP) is 4.22. The number of hydrogen-bond acceptors (Lipinski definition) is 6. The quantitative estimate of drug-likeness (QED) is 0.592. The third-order valence-electron chi connectivity index (χ3n) is 4.42. The molecule has 152 valence electrons. The highest BCUT2D eigenvalue weighted by atomic mass is 35.5. The first-order chi connectivity index (χ1) is 14.0. The summed E-state index contributed by atoms with van der Waals surface area (Å²) in [5, 5.41) is 7.55. The lowest BCUT2D eigenvalue weighted by Gasteiger charge is -2.18. The molecule has 1 aromatic heterocycles. The highest BCUT2D eigenvalue weighted by Crippen LogP contribution is 2.29. The number of hydrogen-bond donors (Lipinski definition) is 1. The molecule has 0 aliphatic carbocycles. The van der Waals surface area contributed by atoms with Crippen LogP contribution in [-0.2, 0) is 11.2 Å². The van der Waals surface area contributed by atoms with E-state index in [1.165, 1.54) is 0 Å². The van der Waals surface area contributed by atoms with Gasteiger partial charge in [0.2, 0.25) is 17.6 Å². The summed E-state index contributed by atoms with van der Waals surface area (Å²) in [6.07, 6.45) is 0.573. The first kappa shape index (κ1) is 20.7. The maximum atomic E-state index is 12.4. The summed E-state index contributed by atoms with van der Waals surface area (Å²) in [7, 11) is 3.18. The van der Waals surface area contributed by atoms with Crippen LogP contribution in [0, 0.1) is 0 Å². The number of aryl methyl sites for hydroxylation is 1. The number of benzene rings is 2. The zero-order valence-electron chi connectivity index (χ0n) is 16.4. The average molecular weight is 416 g/mol. The Morgan fingerprint density at radius 3 is 2.62 bits per heavy atom. The summed E-state index contributed by atoms with van der Waals surface area (Å²) >= 11 is 5.89. The minimum absolute atomic E-state index is 0.124. The standard InChI is InChI=1S/C21H22ClN3O4/c1-13(17-9-8-16(27-2)12-18(17)28-3)23-19(26)10-11-20-24-21(25-29-20)14-4-6-15(22)7-5-14/h4-9,12-13H,10-11H2,1-3H3,(H,23,26). The van der Waals surface area contributed by atoms with Crippen molar-refractivity contribution in [2.75, 3.05) is 14.2 Å². The van der Waals surface area contributed by atoms with Gasteiger partial charge in [-0.25, -0.2) is 0 Å². The van der Waals surface area contributed by atoms with Gasteiger partial charge in [-0.15, -0.1) is 0 Å². The second-order valence-corrected chi connectivity index (χ2v) is 6.85. The van der Waals surface area contributed by atoms with Crippen molar-refractivity contribution < 1.29 is 18.8 Å². The number of carbonyl (C=O) groups is 1. The molecule has 1 N–H and O–H groups in total. The second kappa shape index (κ2) is 9.43. The van der Waals surface area contributed by atoms with Crippen molar-refractivity contribution in [3.63, 3.8) is 0 Å². The van der Waals surface area contributed by atoms with Crippen molar-refractivity contribution in [1.82, 2.24) is 15.5 Å². The van der Waals surface area contributed by atoms with Gasteiger partial charge in [0.15, 0.2) is 0 Å². The van der Waals surface area contributed by atoms with E-state index in [-0.39, 0.29) is 18.4 Å². The van der Waals surface area contributed by atoms with Gasteiger partial charge in [0, 0.05) is 35.1 Å². The number of ether oxygens (including phenoxy) is 2. The Balaban J connectivity index is 1.57. The van der Waals surface area contributed by atoms with E-state index in [0.29, 0.717) is 34.7 Å². The molecule has 1 atom stereocenters. The van der Waals surface area contributed by atoms with Crippen LogP contribution in [-0.4, -0.2) is 30.3 Å². The molecule has 3 aromatic rings. The molecule has 0 aliphatic heterocycles. The second-order valence-electron chi connectivity index (χ2n) is 6.42. The van der Waals surface area contributed by atoms with Gasteiger partial charge in [-0.3, -0.25) is 4.79 Å². The molecule has 8 heteroatoms. The minimum Gasteiger partial charge on any atom is -0.497 e. The Bertz CT molecular complexity index is 972. The zero-order chi connectivity index (χ0) is 20.8. The lowest BCUT2D eigenvalue weighted by molar-refractivity contribution is -0.121. The summed E-state index contributed by atoms with van der Waals surface area (Å²) in [6, 6.07) is 12.4. The van der Waals surface area contributed by atoms with Crippen LogP contribution in [0.4, 0.5) is 0 Å². The Morgan fingerprint density at radius 2 is 1.93 bits per heavy atom. The molecular formula is C21H22ClN3O4. The molecule has 1 amide bonds. The van der Waals surface area contributed by atoms with Gasteiger partial charge >= 0.3 is 0 Å². The van der Waals surface area contributed by atoms with Crippen molar-refractivity contribution in [2.45, 2.75) is 25.8 Å². The van der Waals surface area contributed by atoms with Gasteiger partial charge in [0.1, 0.15) is 11.5 Å². The Morgan fingerprint density at radius 1 is 1.17 bits per heavy atom. The first-order valence-corrected chi connectivity index (χ1v) is 9.47. The molecule has 0 radical (unpaired) electrons. The van der Waals surface area contributed by atoms with Crippen molar-refractivity contribution in [2.24, 2.45) is 0 Å². The van der Waals surface area contributed by atoms with Gasteiger partial charge < -0.3 is 19.3 Å². The van der Waals surface area contributed by atoms with E-state index >= 15 is 0 Å². The van der Waals surface area contributed by atoms with Crippen LogP contribution in [0.15, 0.2) is 47.0 Å². The predicted molar refractivity (Wildman–Crippen MR) is 109 cm³/mol. The summed E-state index contributed by atoms with van der Waals surface area (Å²) < 4.78 is 15.8. The van der Waals surface area contributed by atoms with E-state index < -0.39 is 0 Å². The molecule has 0 spiro atoms. The van der Waals surface area contributed by atoms with Crippen molar-refractivity contribution in [3.05, 3.63) is 58.9 Å². The largest absolute Gasteiger partial charge is 0.497 e. The number of methoxy groups -OCH3 is 2. The fraction of sp³-hybridized carbons (Fsp3) is 0.286. The number of halogens is 1. The number of nitrogens with zero attached hydrogens (tertiary/aromatic N) is 2. The third kappa shape index (κ3) is 5.26. The van der Waals surface area contributed by atoms with Crippen LogP contribution in [0.5, 0.6) is 11.5 Å². The average Bonchev–Trinajstić information content (AvgIpc) is 3.21. The maximum absolute atomic E-state index is 12.4. The fourth-order valence-electron chi connectivity index (χ4n) is 2.86. The van der Waals surface area contributed by atoms with E-state index in [0.717, 1.165) is 11.1 Å². The molecule has 0 bridgehead atoms. The number of aromatic nitrogens is 2. The molecule has 7 nitrogen and oxygen atoms in total. The van der Waals surface area contributed by atoms with Crippen LogP contribution in [0.2, 0.25) is 5.02 Å². The Kier molecular flexibility index (Phi) is 6.72. The zero-order valence-corrected chi connectivity index (χ0v) is 17.2. The maximum Gasteiger partial charge on any atom is 0.227 e. The Labute approximate surface area is 174 Å². The summed E-state index contributed by atoms with van der Waals surface area (Å²) in [6.45, 7) is 1.90. The Hall–Kier alpha value is -3.06. The highest BCUT2D eigenvalue weighted by Gasteiger charge is 2.16. The van der Waals surface area contributed by atoms with Gasteiger partial charge in [-0.2, -0.15) is 4.98 Å². The SMILES string of the molecule is COc1ccc(C(C)NC(=O)CCc2nc(-c3ccc(Cl)cc3)no2)c(OC)c1. The van der Waals surface area contributed by atoms with Crippen LogP contribution in [0.3, 0.4) is 0 Å². The number of rotatable bonds is 8. The molecule has 0 aliphatic rings. The first-order valence-electron chi connectivity index (χ1n) is 9.10. The van der Waals surface area contributed by atoms with Gasteiger partial charge in [0.25, 0.3) is 0 Å². The van der Waals surface area contributed by atoms with Crippen molar-refractivity contribution in [1.29, 1.82) is 0 Å². The number of nitrogens with one attached hydrogen (secondary N) is 1. The molecule has 29 heavy (non-hydrogen) atoms. The summed E-state index contributed by atoms with van der Waals surface area (Å²) in [5.74, 6) is 2.09. The molecule has 0 fully saturated rings. The van der Waals surface area contributed by atoms with Gasteiger partial charge in [-0.1, -0.05) is 16.8 Å². The van der Waals surface area contributed by atoms with E-state index in [1.54, 1.807) is 32.4 Å². The highest BCUT2D eigenvalue weighted by molar-refractivity contribution is 6.30. The summed E-state index contributed by atoms with van der Waals surface area (Å²) in [4.78, 5) is 16.7. The van der Waals surface area contributed by atoms with Crippen molar-refractivity contribution in [3.8, 4) is 22.9 Å². The van der Waals surface area contributed by atoms with Crippen molar-refractivity contribution >= 4 is 17.5 Å². The van der Waals surface area contributed by atoms with Crippen LogP contribution >= 0.6 is 11.6 Å². The van der Waals surface area contributed by atoms with E-state index in [9.17, 15) is 4.79 Å². The lowest BCUT2D eigenvalue weighted by atomic mass is 10.1. The number of carbonyl (C=O) groups excluding carboxylic acids is 1. The minimum atomic E-state index is -0.226. The molecule has 0 saturated heterocycles. The van der Waals surface area contributed by atoms with E-state index in [2.05, 4.69) is 15.5 Å². The molecular weight excluding hydrogens is 394 g/mol. The number of amides is 1. The molecule has 3 rings (SSSR count).